The first-order chi connectivity index (χ1) is 8.47. The number of halogens is 3. The van der Waals surface area contributed by atoms with Crippen molar-refractivity contribution in [1.82, 2.24) is 10.6 Å². The quantitative estimate of drug-likeness (QED) is 0.818. The highest BCUT2D eigenvalue weighted by molar-refractivity contribution is 6.48. The van der Waals surface area contributed by atoms with Gasteiger partial charge in [-0.1, -0.05) is 40.9 Å². The molecule has 3 nitrogen and oxygen atoms in total. The van der Waals surface area contributed by atoms with Crippen LogP contribution in [-0.2, 0) is 4.79 Å². The van der Waals surface area contributed by atoms with Gasteiger partial charge in [0.2, 0.25) is 5.91 Å². The van der Waals surface area contributed by atoms with E-state index < -0.39 is 0 Å². The predicted octanol–water partition coefficient (Wildman–Crippen LogP) is 3.43. The smallest absolute Gasteiger partial charge is 0.221 e. The third kappa shape index (κ3) is 4.02. The number of carbonyl (C=O) groups is 1. The van der Waals surface area contributed by atoms with Crippen molar-refractivity contribution in [2.45, 2.75) is 19.4 Å². The number of hydrogen-bond donors (Lipinski definition) is 2. The number of rotatable bonds is 5. The fourth-order valence-electron chi connectivity index (χ4n) is 1.51. The monoisotopic (exact) mass is 308 g/mol. The molecule has 0 saturated carbocycles. The van der Waals surface area contributed by atoms with Crippen LogP contribution in [0.15, 0.2) is 12.1 Å². The zero-order chi connectivity index (χ0) is 13.7. The molecule has 0 aliphatic heterocycles. The summed E-state index contributed by atoms with van der Waals surface area (Å²) in [4.78, 5) is 11.1. The average molecular weight is 310 g/mol. The molecule has 0 aliphatic rings. The Morgan fingerprint density at radius 3 is 2.56 bits per heavy atom. The molecule has 2 N–H and O–H groups in total. The van der Waals surface area contributed by atoms with Crippen molar-refractivity contribution < 1.29 is 4.79 Å². The maximum atomic E-state index is 11.1. The van der Waals surface area contributed by atoms with Gasteiger partial charge in [0.05, 0.1) is 15.1 Å². The van der Waals surface area contributed by atoms with Crippen LogP contribution in [0.25, 0.3) is 0 Å². The lowest BCUT2D eigenvalue weighted by Crippen LogP contribution is -2.26. The zero-order valence-electron chi connectivity index (χ0n) is 10.2. The molecule has 0 saturated heterocycles. The molecule has 0 fully saturated rings. The Bertz CT molecular complexity index is 438. The molecule has 1 aromatic rings. The van der Waals surface area contributed by atoms with E-state index in [2.05, 4.69) is 10.6 Å². The summed E-state index contributed by atoms with van der Waals surface area (Å²) in [6.45, 7) is 2.52. The van der Waals surface area contributed by atoms with Crippen LogP contribution in [0.1, 0.15) is 24.9 Å². The molecular formula is C12H15Cl3N2O. The Morgan fingerprint density at radius 1 is 1.28 bits per heavy atom. The second-order valence-electron chi connectivity index (χ2n) is 3.86. The summed E-state index contributed by atoms with van der Waals surface area (Å²) in [6, 6.07) is 3.53. The van der Waals surface area contributed by atoms with Gasteiger partial charge in [-0.3, -0.25) is 4.79 Å². The lowest BCUT2D eigenvalue weighted by atomic mass is 10.1. The third-order valence-corrected chi connectivity index (χ3v) is 3.92. The maximum absolute atomic E-state index is 11.1. The second kappa shape index (κ2) is 7.19. The molecule has 1 amide bonds. The second-order valence-corrected chi connectivity index (χ2v) is 5.03. The van der Waals surface area contributed by atoms with Crippen molar-refractivity contribution >= 4 is 40.7 Å². The summed E-state index contributed by atoms with van der Waals surface area (Å²) in [5, 5.41) is 7.01. The van der Waals surface area contributed by atoms with E-state index in [9.17, 15) is 4.79 Å². The lowest BCUT2D eigenvalue weighted by Gasteiger charge is -2.16. The molecule has 0 bridgehead atoms. The van der Waals surface area contributed by atoms with E-state index in [1.807, 2.05) is 13.0 Å². The number of benzene rings is 1. The van der Waals surface area contributed by atoms with Crippen LogP contribution in [0.2, 0.25) is 15.1 Å². The van der Waals surface area contributed by atoms with E-state index in [1.54, 1.807) is 13.1 Å². The van der Waals surface area contributed by atoms with Gasteiger partial charge in [-0.25, -0.2) is 0 Å². The van der Waals surface area contributed by atoms with Gasteiger partial charge in [0.25, 0.3) is 0 Å². The van der Waals surface area contributed by atoms with Gasteiger partial charge < -0.3 is 10.6 Å². The number of hydrogen-bond acceptors (Lipinski definition) is 2. The minimum Gasteiger partial charge on any atom is -0.359 e. The molecule has 0 heterocycles. The standard InChI is InChI=1S/C12H15Cl3N2O/c1-7(17-6-5-10(18)16-2)8-3-4-9(13)12(15)11(8)14/h3-4,7,17H,5-6H2,1-2H3,(H,16,18). The first-order valence-electron chi connectivity index (χ1n) is 5.54. The number of carbonyl (C=O) groups excluding carboxylic acids is 1. The largest absolute Gasteiger partial charge is 0.359 e. The van der Waals surface area contributed by atoms with Gasteiger partial charge in [-0.2, -0.15) is 0 Å². The lowest BCUT2D eigenvalue weighted by molar-refractivity contribution is -0.120. The third-order valence-electron chi connectivity index (χ3n) is 2.61. The molecule has 0 spiro atoms. The van der Waals surface area contributed by atoms with Crippen molar-refractivity contribution in [1.29, 1.82) is 0 Å². The summed E-state index contributed by atoms with van der Waals surface area (Å²) >= 11 is 18.0. The van der Waals surface area contributed by atoms with E-state index in [0.717, 1.165) is 5.56 Å². The normalized spacial score (nSPS) is 12.3. The van der Waals surface area contributed by atoms with Gasteiger partial charge >= 0.3 is 0 Å². The molecular weight excluding hydrogens is 295 g/mol. The van der Waals surface area contributed by atoms with Gasteiger partial charge in [-0.15, -0.1) is 0 Å². The van der Waals surface area contributed by atoms with Crippen LogP contribution >= 0.6 is 34.8 Å². The van der Waals surface area contributed by atoms with Crippen molar-refractivity contribution in [3.05, 3.63) is 32.8 Å². The van der Waals surface area contributed by atoms with Crippen LogP contribution in [0.3, 0.4) is 0 Å². The minimum atomic E-state index is -0.00469. The van der Waals surface area contributed by atoms with Crippen LogP contribution in [-0.4, -0.2) is 19.5 Å². The van der Waals surface area contributed by atoms with Crippen molar-refractivity contribution in [2.75, 3.05) is 13.6 Å². The van der Waals surface area contributed by atoms with Gasteiger partial charge in [0, 0.05) is 26.1 Å². The van der Waals surface area contributed by atoms with E-state index >= 15 is 0 Å². The average Bonchev–Trinajstić information content (AvgIpc) is 2.35. The topological polar surface area (TPSA) is 41.1 Å². The number of amides is 1. The Hall–Kier alpha value is -0.480. The molecule has 0 radical (unpaired) electrons. The Kier molecular flexibility index (Phi) is 6.22. The molecule has 100 valence electrons. The van der Waals surface area contributed by atoms with Crippen LogP contribution in [0, 0.1) is 0 Å². The molecule has 1 unspecified atom stereocenters. The van der Waals surface area contributed by atoms with Crippen LogP contribution < -0.4 is 10.6 Å². The minimum absolute atomic E-state index is 0.00285. The highest BCUT2D eigenvalue weighted by Crippen LogP contribution is 2.35. The SMILES string of the molecule is CNC(=O)CCNC(C)c1ccc(Cl)c(Cl)c1Cl. The molecule has 1 aromatic carbocycles. The highest BCUT2D eigenvalue weighted by Gasteiger charge is 2.14. The first-order valence-corrected chi connectivity index (χ1v) is 6.68. The Labute approximate surface area is 122 Å². The highest BCUT2D eigenvalue weighted by atomic mass is 35.5. The summed E-state index contributed by atoms with van der Waals surface area (Å²) in [6.07, 6.45) is 0.416. The van der Waals surface area contributed by atoms with Crippen LogP contribution in [0.4, 0.5) is 0 Å². The molecule has 0 aliphatic carbocycles. The molecule has 1 atom stereocenters. The van der Waals surface area contributed by atoms with Crippen molar-refractivity contribution in [3.63, 3.8) is 0 Å². The number of nitrogens with one attached hydrogen (secondary N) is 2. The summed E-state index contributed by atoms with van der Waals surface area (Å²) in [7, 11) is 1.61. The summed E-state index contributed by atoms with van der Waals surface area (Å²) < 4.78 is 0. The van der Waals surface area contributed by atoms with Gasteiger partial charge in [0.1, 0.15) is 0 Å². The van der Waals surface area contributed by atoms with Gasteiger partial charge in [-0.05, 0) is 18.6 Å². The first kappa shape index (κ1) is 15.6. The van der Waals surface area contributed by atoms with Crippen LogP contribution in [0.5, 0.6) is 0 Å². The van der Waals surface area contributed by atoms with E-state index in [1.165, 1.54) is 0 Å². The van der Waals surface area contributed by atoms with E-state index in [0.29, 0.717) is 28.0 Å². The van der Waals surface area contributed by atoms with E-state index in [-0.39, 0.29) is 11.9 Å². The molecule has 0 aromatic heterocycles. The van der Waals surface area contributed by atoms with Gasteiger partial charge in [0.15, 0.2) is 0 Å². The fourth-order valence-corrected chi connectivity index (χ4v) is 2.22. The fraction of sp³-hybridized carbons (Fsp3) is 0.417. The van der Waals surface area contributed by atoms with Crippen molar-refractivity contribution in [2.24, 2.45) is 0 Å². The molecule has 18 heavy (non-hydrogen) atoms. The zero-order valence-corrected chi connectivity index (χ0v) is 12.5. The van der Waals surface area contributed by atoms with E-state index in [4.69, 9.17) is 34.8 Å². The predicted molar refractivity (Wildman–Crippen MR) is 76.6 cm³/mol. The van der Waals surface area contributed by atoms with Crippen molar-refractivity contribution in [3.8, 4) is 0 Å². The summed E-state index contributed by atoms with van der Waals surface area (Å²) in [5.74, 6) is -0.00469. The molecule has 6 heteroatoms. The maximum Gasteiger partial charge on any atom is 0.221 e. The summed E-state index contributed by atoms with van der Waals surface area (Å²) in [5.41, 5.74) is 0.864. The Balaban J connectivity index is 2.65. The Morgan fingerprint density at radius 2 is 1.94 bits per heavy atom. The molecule has 1 rings (SSSR count).